The molecule has 0 aliphatic heterocycles. The van der Waals surface area contributed by atoms with Crippen LogP contribution in [-0.4, -0.2) is 40.0 Å². The highest BCUT2D eigenvalue weighted by Gasteiger charge is 2.25. The normalized spacial score (nSPS) is 11.6. The van der Waals surface area contributed by atoms with E-state index in [1.165, 1.54) is 23.9 Å². The van der Waals surface area contributed by atoms with E-state index in [-0.39, 0.29) is 23.3 Å². The maximum Gasteiger partial charge on any atom is 0.269 e. The van der Waals surface area contributed by atoms with E-state index in [2.05, 4.69) is 5.32 Å². The van der Waals surface area contributed by atoms with Gasteiger partial charge in [0.2, 0.25) is 11.8 Å². The van der Waals surface area contributed by atoms with E-state index in [0.29, 0.717) is 23.9 Å². The van der Waals surface area contributed by atoms with Gasteiger partial charge in [-0.05, 0) is 36.6 Å². The Hall–Kier alpha value is -2.58. The van der Waals surface area contributed by atoms with E-state index in [4.69, 9.17) is 11.6 Å². The van der Waals surface area contributed by atoms with Crippen molar-refractivity contribution >= 4 is 40.9 Å². The van der Waals surface area contributed by atoms with E-state index in [9.17, 15) is 19.7 Å². The zero-order valence-corrected chi connectivity index (χ0v) is 19.8. The van der Waals surface area contributed by atoms with Crippen LogP contribution in [0, 0.1) is 10.1 Å². The number of hydrogen-bond acceptors (Lipinski definition) is 5. The van der Waals surface area contributed by atoms with Gasteiger partial charge in [-0.15, -0.1) is 11.8 Å². The average Bonchev–Trinajstić information content (AvgIpc) is 2.78. The number of carbonyl (C=O) groups excluding carboxylic acids is 2. The van der Waals surface area contributed by atoms with E-state index >= 15 is 0 Å². The SMILES string of the molecule is CCCCNC(=O)[C@@H](C)N(Cc1ccc(Cl)cc1)C(=O)CSCc1ccc([N+](=O)[O-])cc1. The summed E-state index contributed by atoms with van der Waals surface area (Å²) >= 11 is 7.37. The van der Waals surface area contributed by atoms with Crippen LogP contribution < -0.4 is 5.32 Å². The van der Waals surface area contributed by atoms with Gasteiger partial charge in [-0.1, -0.05) is 49.2 Å². The highest BCUT2D eigenvalue weighted by molar-refractivity contribution is 7.99. The van der Waals surface area contributed by atoms with Crippen molar-refractivity contribution in [3.8, 4) is 0 Å². The minimum atomic E-state index is -0.616. The molecule has 2 aromatic rings. The standard InChI is InChI=1S/C23H28ClN3O4S/c1-3-4-13-25-23(29)17(2)26(14-18-5-9-20(24)10-6-18)22(28)16-32-15-19-7-11-21(12-8-19)27(30)31/h5-12,17H,3-4,13-16H2,1-2H3,(H,25,29)/t17-/m1/s1. The van der Waals surface area contributed by atoms with Gasteiger partial charge in [0.25, 0.3) is 5.69 Å². The van der Waals surface area contributed by atoms with Crippen molar-refractivity contribution in [3.63, 3.8) is 0 Å². The lowest BCUT2D eigenvalue weighted by Gasteiger charge is -2.29. The van der Waals surface area contributed by atoms with Crippen LogP contribution in [-0.2, 0) is 21.9 Å². The number of hydrogen-bond donors (Lipinski definition) is 1. The predicted octanol–water partition coefficient (Wildman–Crippen LogP) is 4.82. The van der Waals surface area contributed by atoms with Crippen molar-refractivity contribution in [1.82, 2.24) is 10.2 Å². The summed E-state index contributed by atoms with van der Waals surface area (Å²) in [5.41, 5.74) is 1.81. The first kappa shape index (κ1) is 25.7. The molecule has 1 atom stereocenters. The van der Waals surface area contributed by atoms with Gasteiger partial charge in [-0.25, -0.2) is 0 Å². The Morgan fingerprint density at radius 1 is 1.12 bits per heavy atom. The van der Waals surface area contributed by atoms with Crippen molar-refractivity contribution in [2.75, 3.05) is 12.3 Å². The van der Waals surface area contributed by atoms with Crippen LogP contribution in [0.4, 0.5) is 5.69 Å². The second kappa shape index (κ2) is 13.1. The molecule has 0 fully saturated rings. The Kier molecular flexibility index (Phi) is 10.5. The third-order valence-electron chi connectivity index (χ3n) is 4.90. The molecule has 172 valence electrons. The number of halogens is 1. The average molecular weight is 478 g/mol. The molecule has 0 unspecified atom stereocenters. The molecule has 0 spiro atoms. The summed E-state index contributed by atoms with van der Waals surface area (Å²) in [7, 11) is 0. The molecule has 2 aromatic carbocycles. The Bertz CT molecular complexity index is 906. The van der Waals surface area contributed by atoms with Gasteiger partial charge >= 0.3 is 0 Å². The zero-order chi connectivity index (χ0) is 23.5. The first-order chi connectivity index (χ1) is 15.3. The smallest absolute Gasteiger partial charge is 0.269 e. The lowest BCUT2D eigenvalue weighted by Crippen LogP contribution is -2.48. The third-order valence-corrected chi connectivity index (χ3v) is 6.14. The molecule has 0 aliphatic carbocycles. The molecule has 0 radical (unpaired) electrons. The Morgan fingerprint density at radius 3 is 2.34 bits per heavy atom. The number of thioether (sulfide) groups is 1. The molecule has 32 heavy (non-hydrogen) atoms. The van der Waals surface area contributed by atoms with Crippen LogP contribution in [0.5, 0.6) is 0 Å². The fourth-order valence-electron chi connectivity index (χ4n) is 2.96. The molecule has 0 aromatic heterocycles. The summed E-state index contributed by atoms with van der Waals surface area (Å²) in [6.45, 7) is 4.66. The first-order valence-corrected chi connectivity index (χ1v) is 12.0. The van der Waals surface area contributed by atoms with Crippen molar-refractivity contribution < 1.29 is 14.5 Å². The van der Waals surface area contributed by atoms with Crippen molar-refractivity contribution in [1.29, 1.82) is 0 Å². The van der Waals surface area contributed by atoms with Crippen LogP contribution in [0.2, 0.25) is 5.02 Å². The first-order valence-electron chi connectivity index (χ1n) is 10.4. The summed E-state index contributed by atoms with van der Waals surface area (Å²) in [6.07, 6.45) is 1.86. The van der Waals surface area contributed by atoms with E-state index in [1.807, 2.05) is 19.1 Å². The van der Waals surface area contributed by atoms with E-state index < -0.39 is 11.0 Å². The lowest BCUT2D eigenvalue weighted by atomic mass is 10.1. The molecule has 9 heteroatoms. The molecular weight excluding hydrogens is 450 g/mol. The molecule has 7 nitrogen and oxygen atoms in total. The van der Waals surface area contributed by atoms with Crippen molar-refractivity contribution in [3.05, 3.63) is 74.8 Å². The fourth-order valence-corrected chi connectivity index (χ4v) is 3.95. The molecule has 2 amide bonds. The number of rotatable bonds is 12. The van der Waals surface area contributed by atoms with E-state index in [1.54, 1.807) is 36.1 Å². The fraction of sp³-hybridized carbons (Fsp3) is 0.391. The highest BCUT2D eigenvalue weighted by Crippen LogP contribution is 2.19. The Balaban J connectivity index is 2.02. The van der Waals surface area contributed by atoms with Crippen molar-refractivity contribution in [2.24, 2.45) is 0 Å². The van der Waals surface area contributed by atoms with Crippen LogP contribution in [0.15, 0.2) is 48.5 Å². The molecule has 0 heterocycles. The highest BCUT2D eigenvalue weighted by atomic mass is 35.5. The third kappa shape index (κ3) is 8.16. The van der Waals surface area contributed by atoms with Gasteiger partial charge in [-0.3, -0.25) is 19.7 Å². The number of amides is 2. The number of non-ortho nitro benzene ring substituents is 1. The second-order valence-corrected chi connectivity index (χ2v) is 8.81. The van der Waals surface area contributed by atoms with Gasteiger partial charge in [0.15, 0.2) is 0 Å². The van der Waals surface area contributed by atoms with E-state index in [0.717, 1.165) is 24.0 Å². The topological polar surface area (TPSA) is 92.6 Å². The predicted molar refractivity (Wildman–Crippen MR) is 129 cm³/mol. The monoisotopic (exact) mass is 477 g/mol. The Morgan fingerprint density at radius 2 is 1.75 bits per heavy atom. The summed E-state index contributed by atoms with van der Waals surface area (Å²) in [5.74, 6) is 0.401. The van der Waals surface area contributed by atoms with Crippen LogP contribution in [0.1, 0.15) is 37.8 Å². The zero-order valence-electron chi connectivity index (χ0n) is 18.3. The lowest BCUT2D eigenvalue weighted by molar-refractivity contribution is -0.384. The number of nitrogens with one attached hydrogen (secondary N) is 1. The van der Waals surface area contributed by atoms with Crippen LogP contribution in [0.25, 0.3) is 0 Å². The number of nitrogens with zero attached hydrogens (tertiary/aromatic N) is 2. The number of benzene rings is 2. The molecule has 0 aliphatic rings. The maximum atomic E-state index is 13.0. The summed E-state index contributed by atoms with van der Waals surface area (Å²) in [5, 5.41) is 14.3. The summed E-state index contributed by atoms with van der Waals surface area (Å²) < 4.78 is 0. The van der Waals surface area contributed by atoms with Crippen molar-refractivity contribution in [2.45, 2.75) is 45.0 Å². The van der Waals surface area contributed by atoms with Gasteiger partial charge < -0.3 is 10.2 Å². The van der Waals surface area contributed by atoms with Gasteiger partial charge in [0.05, 0.1) is 10.7 Å². The van der Waals surface area contributed by atoms with Crippen LogP contribution >= 0.6 is 23.4 Å². The molecule has 0 bridgehead atoms. The quantitative estimate of drug-likeness (QED) is 0.269. The minimum absolute atomic E-state index is 0.0341. The number of nitro groups is 1. The molecule has 1 N–H and O–H groups in total. The molecule has 0 saturated heterocycles. The Labute approximate surface area is 197 Å². The molecule has 0 saturated carbocycles. The largest absolute Gasteiger partial charge is 0.354 e. The number of unbranched alkanes of at least 4 members (excludes halogenated alkanes) is 1. The maximum absolute atomic E-state index is 13.0. The number of nitro benzene ring substituents is 1. The molecule has 2 rings (SSSR count). The molecular formula is C23H28ClN3O4S. The number of carbonyl (C=O) groups is 2. The van der Waals surface area contributed by atoms with Gasteiger partial charge in [0.1, 0.15) is 6.04 Å². The van der Waals surface area contributed by atoms with Crippen LogP contribution in [0.3, 0.4) is 0 Å². The summed E-state index contributed by atoms with van der Waals surface area (Å²) in [4.78, 5) is 37.5. The second-order valence-electron chi connectivity index (χ2n) is 7.39. The van der Waals surface area contributed by atoms with Gasteiger partial charge in [-0.2, -0.15) is 0 Å². The minimum Gasteiger partial charge on any atom is -0.354 e. The summed E-state index contributed by atoms with van der Waals surface area (Å²) in [6, 6.07) is 12.9. The van der Waals surface area contributed by atoms with Gasteiger partial charge in [0, 0.05) is 36.0 Å².